The molecule has 0 aliphatic carbocycles. The smallest absolute Gasteiger partial charge is 0.395 e. The first-order valence-corrected chi connectivity index (χ1v) is 8.09. The summed E-state index contributed by atoms with van der Waals surface area (Å²) >= 11 is 3.00. The Balaban J connectivity index is 3.17. The first kappa shape index (κ1) is 20.2. The molecule has 1 atom stereocenters. The van der Waals surface area contributed by atoms with Crippen LogP contribution in [-0.2, 0) is 10.0 Å². The normalized spacial score (nSPS) is 15.0. The fourth-order valence-electron chi connectivity index (χ4n) is 1.73. The molecule has 0 heterocycles. The van der Waals surface area contributed by atoms with Crippen molar-refractivity contribution in [3.8, 4) is 0 Å². The number of aliphatic hydroxyl groups is 1. The summed E-state index contributed by atoms with van der Waals surface area (Å²) < 4.78 is 101. The van der Waals surface area contributed by atoms with Crippen molar-refractivity contribution in [2.75, 3.05) is 6.61 Å². The molecule has 1 rings (SSSR count). The minimum Gasteiger partial charge on any atom is -0.395 e. The summed E-state index contributed by atoms with van der Waals surface area (Å²) in [7, 11) is -4.68. The molecule has 0 saturated carbocycles. The minimum atomic E-state index is -5.78. The molecule has 132 valence electrons. The molecule has 12 heteroatoms. The number of sulfonamides is 1. The Bertz CT molecular complexity index is 615. The van der Waals surface area contributed by atoms with Crippen LogP contribution in [0, 0.1) is 5.92 Å². The molecule has 0 aliphatic heterocycles. The molecular weight excluding hydrogens is 420 g/mol. The van der Waals surface area contributed by atoms with Gasteiger partial charge in [-0.1, -0.05) is 15.9 Å². The molecule has 0 fully saturated rings. The van der Waals surface area contributed by atoms with Crippen molar-refractivity contribution >= 4 is 26.0 Å². The fourth-order valence-corrected chi connectivity index (χ4v) is 3.24. The third-order valence-electron chi connectivity index (χ3n) is 2.73. The van der Waals surface area contributed by atoms with Crippen LogP contribution in [0.5, 0.6) is 0 Å². The highest BCUT2D eigenvalue weighted by Gasteiger charge is 2.60. The summed E-state index contributed by atoms with van der Waals surface area (Å²) in [6.07, 6.45) is -11.6. The zero-order valence-corrected chi connectivity index (χ0v) is 13.4. The lowest BCUT2D eigenvalue weighted by molar-refractivity contribution is -0.292. The van der Waals surface area contributed by atoms with E-state index in [0.717, 1.165) is 12.1 Å². The van der Waals surface area contributed by atoms with Gasteiger partial charge in [0, 0.05) is 4.47 Å². The second kappa shape index (κ2) is 6.95. The Labute approximate surface area is 135 Å². The van der Waals surface area contributed by atoms with Gasteiger partial charge in [-0.05, 0) is 24.3 Å². The quantitative estimate of drug-likeness (QED) is 0.707. The lowest BCUT2D eigenvalue weighted by Crippen LogP contribution is -2.54. The van der Waals surface area contributed by atoms with Crippen LogP contribution in [0.15, 0.2) is 33.6 Å². The van der Waals surface area contributed by atoms with Crippen LogP contribution in [0.25, 0.3) is 0 Å². The molecule has 0 spiro atoms. The molecule has 23 heavy (non-hydrogen) atoms. The highest BCUT2D eigenvalue weighted by Crippen LogP contribution is 2.41. The maximum absolute atomic E-state index is 12.6. The molecule has 0 bridgehead atoms. The number of benzene rings is 1. The number of aliphatic hydroxyl groups excluding tert-OH is 1. The van der Waals surface area contributed by atoms with Crippen molar-refractivity contribution < 1.29 is 39.9 Å². The van der Waals surface area contributed by atoms with Gasteiger partial charge in [-0.25, -0.2) is 13.1 Å². The Morgan fingerprint density at radius 3 is 1.83 bits per heavy atom. The van der Waals surface area contributed by atoms with Crippen molar-refractivity contribution in [3.05, 3.63) is 28.7 Å². The van der Waals surface area contributed by atoms with Crippen LogP contribution in [0.1, 0.15) is 0 Å². The van der Waals surface area contributed by atoms with Crippen molar-refractivity contribution in [1.29, 1.82) is 0 Å². The monoisotopic (exact) mass is 429 g/mol. The van der Waals surface area contributed by atoms with Gasteiger partial charge in [0.2, 0.25) is 10.0 Å². The topological polar surface area (TPSA) is 66.4 Å². The Kier molecular flexibility index (Phi) is 6.10. The standard InChI is InChI=1S/C11H10BrF6NO3S/c12-6-1-3-7(4-2-6)23(21,22)19-8(5-20)9(10(13,14)15)11(16,17)18/h1-4,8-9,19-20H,5H2. The number of nitrogens with one attached hydrogen (secondary N) is 1. The van der Waals surface area contributed by atoms with Crippen LogP contribution in [-0.4, -0.2) is 38.5 Å². The minimum absolute atomic E-state index is 0.457. The van der Waals surface area contributed by atoms with E-state index in [2.05, 4.69) is 15.9 Å². The van der Waals surface area contributed by atoms with Gasteiger partial charge >= 0.3 is 12.4 Å². The number of hydrogen-bond donors (Lipinski definition) is 2. The van der Waals surface area contributed by atoms with Crippen molar-refractivity contribution in [1.82, 2.24) is 4.72 Å². The Morgan fingerprint density at radius 2 is 1.48 bits per heavy atom. The van der Waals surface area contributed by atoms with Gasteiger partial charge in [-0.3, -0.25) is 0 Å². The SMILES string of the molecule is O=S(=O)(NC(CO)C(C(F)(F)F)C(F)(F)F)c1ccc(Br)cc1. The van der Waals surface area contributed by atoms with E-state index in [1.165, 1.54) is 16.9 Å². The third-order valence-corrected chi connectivity index (χ3v) is 4.77. The van der Waals surface area contributed by atoms with E-state index < -0.39 is 45.8 Å². The predicted octanol–water partition coefficient (Wildman–Crippen LogP) is 2.83. The van der Waals surface area contributed by atoms with Crippen LogP contribution < -0.4 is 4.72 Å². The summed E-state index contributed by atoms with van der Waals surface area (Å²) in [5, 5.41) is 8.84. The first-order chi connectivity index (χ1) is 10.3. The van der Waals surface area contributed by atoms with Crippen LogP contribution >= 0.6 is 15.9 Å². The van der Waals surface area contributed by atoms with Gasteiger partial charge in [-0.2, -0.15) is 26.3 Å². The summed E-state index contributed by atoms with van der Waals surface area (Å²) in [5.41, 5.74) is 0. The van der Waals surface area contributed by atoms with Crippen LogP contribution in [0.4, 0.5) is 26.3 Å². The highest BCUT2D eigenvalue weighted by molar-refractivity contribution is 9.10. The number of rotatable bonds is 5. The van der Waals surface area contributed by atoms with Gasteiger partial charge in [0.05, 0.1) is 17.5 Å². The van der Waals surface area contributed by atoms with Crippen LogP contribution in [0.3, 0.4) is 0 Å². The van der Waals surface area contributed by atoms with Gasteiger partial charge in [0.25, 0.3) is 0 Å². The van der Waals surface area contributed by atoms with E-state index in [4.69, 9.17) is 5.11 Å². The van der Waals surface area contributed by atoms with E-state index in [1.54, 1.807) is 0 Å². The average molecular weight is 430 g/mol. The number of hydrogen-bond acceptors (Lipinski definition) is 3. The molecule has 0 aromatic heterocycles. The molecular formula is C11H10BrF6NO3S. The van der Waals surface area contributed by atoms with E-state index in [9.17, 15) is 34.8 Å². The largest absolute Gasteiger partial charge is 0.402 e. The fraction of sp³-hybridized carbons (Fsp3) is 0.455. The predicted molar refractivity (Wildman–Crippen MR) is 70.9 cm³/mol. The van der Waals surface area contributed by atoms with Gasteiger partial charge < -0.3 is 5.11 Å². The third kappa shape index (κ3) is 5.33. The zero-order chi connectivity index (χ0) is 18.1. The van der Waals surface area contributed by atoms with E-state index in [-0.39, 0.29) is 0 Å². The molecule has 1 aromatic rings. The Hall–Kier alpha value is -0.850. The zero-order valence-electron chi connectivity index (χ0n) is 11.0. The molecule has 1 unspecified atom stereocenters. The van der Waals surface area contributed by atoms with Crippen LogP contribution in [0.2, 0.25) is 0 Å². The van der Waals surface area contributed by atoms with Gasteiger partial charge in [0.1, 0.15) is 0 Å². The number of alkyl halides is 6. The van der Waals surface area contributed by atoms with Gasteiger partial charge in [-0.15, -0.1) is 0 Å². The highest BCUT2D eigenvalue weighted by atomic mass is 79.9. The second-order valence-corrected chi connectivity index (χ2v) is 7.05. The van der Waals surface area contributed by atoms with E-state index >= 15 is 0 Å². The summed E-state index contributed by atoms with van der Waals surface area (Å²) in [5.74, 6) is -4.04. The molecule has 0 saturated heterocycles. The average Bonchev–Trinajstić information content (AvgIpc) is 2.34. The molecule has 0 radical (unpaired) electrons. The second-order valence-electron chi connectivity index (χ2n) is 4.43. The first-order valence-electron chi connectivity index (χ1n) is 5.81. The van der Waals surface area contributed by atoms with Crippen molar-refractivity contribution in [3.63, 3.8) is 0 Å². The van der Waals surface area contributed by atoms with E-state index in [0.29, 0.717) is 4.47 Å². The van der Waals surface area contributed by atoms with Gasteiger partial charge in [0.15, 0.2) is 5.92 Å². The lowest BCUT2D eigenvalue weighted by atomic mass is 10.00. The molecule has 0 aliphatic rings. The van der Waals surface area contributed by atoms with Crippen molar-refractivity contribution in [2.24, 2.45) is 5.92 Å². The summed E-state index contributed by atoms with van der Waals surface area (Å²) in [4.78, 5) is -0.540. The van der Waals surface area contributed by atoms with Crippen molar-refractivity contribution in [2.45, 2.75) is 23.3 Å². The number of halogens is 7. The maximum Gasteiger partial charge on any atom is 0.402 e. The molecule has 0 amide bonds. The molecule has 4 nitrogen and oxygen atoms in total. The maximum atomic E-state index is 12.6. The molecule has 2 N–H and O–H groups in total. The Morgan fingerprint density at radius 1 is 1.04 bits per heavy atom. The summed E-state index contributed by atoms with van der Waals surface area (Å²) in [6.45, 7) is -1.68. The lowest BCUT2D eigenvalue weighted by Gasteiger charge is -2.29. The van der Waals surface area contributed by atoms with E-state index in [1.807, 2.05) is 0 Å². The summed E-state index contributed by atoms with van der Waals surface area (Å²) in [6, 6.07) is 1.65. The molecule has 1 aromatic carbocycles.